The molecular formula is C24H19N3O5S. The highest BCUT2D eigenvalue weighted by molar-refractivity contribution is 7.14. The lowest BCUT2D eigenvalue weighted by atomic mass is 10.1. The van der Waals surface area contributed by atoms with Crippen LogP contribution >= 0.6 is 11.3 Å². The molecule has 9 heteroatoms. The first-order valence-electron chi connectivity index (χ1n) is 10.4. The number of benzene rings is 2. The number of thiazole rings is 1. The minimum Gasteiger partial charge on any atom is -0.482 e. The number of ether oxygens (including phenoxy) is 1. The molecule has 5 rings (SSSR count). The highest BCUT2D eigenvalue weighted by Gasteiger charge is 2.25. The van der Waals surface area contributed by atoms with Crippen LogP contribution in [-0.4, -0.2) is 29.9 Å². The van der Waals surface area contributed by atoms with Gasteiger partial charge in [0.1, 0.15) is 16.9 Å². The van der Waals surface area contributed by atoms with Crippen LogP contribution in [0.5, 0.6) is 5.75 Å². The lowest BCUT2D eigenvalue weighted by molar-refractivity contribution is -0.121. The summed E-state index contributed by atoms with van der Waals surface area (Å²) in [6.07, 6.45) is 0.824. The minimum absolute atomic E-state index is 0.0297. The smallest absolute Gasteiger partial charge is 0.349 e. The number of carbonyl (C=O) groups is 2. The van der Waals surface area contributed by atoms with Crippen LogP contribution in [0, 0.1) is 0 Å². The number of para-hydroxylation sites is 1. The molecule has 2 amide bonds. The maximum absolute atomic E-state index is 12.7. The van der Waals surface area contributed by atoms with E-state index in [1.807, 2.05) is 25.1 Å². The first kappa shape index (κ1) is 20.9. The molecule has 0 fully saturated rings. The first-order valence-corrected chi connectivity index (χ1v) is 11.3. The van der Waals surface area contributed by atoms with E-state index in [9.17, 15) is 14.4 Å². The Balaban J connectivity index is 1.40. The van der Waals surface area contributed by atoms with E-state index < -0.39 is 11.5 Å². The average Bonchev–Trinajstić information content (AvgIpc) is 3.28. The first-order chi connectivity index (χ1) is 16.0. The summed E-state index contributed by atoms with van der Waals surface area (Å²) in [7, 11) is 0. The van der Waals surface area contributed by atoms with Crippen molar-refractivity contribution in [3.8, 4) is 17.0 Å². The highest BCUT2D eigenvalue weighted by Crippen LogP contribution is 2.37. The maximum atomic E-state index is 12.7. The molecule has 4 aromatic rings. The molecule has 0 unspecified atom stereocenters. The van der Waals surface area contributed by atoms with E-state index in [1.54, 1.807) is 34.5 Å². The van der Waals surface area contributed by atoms with E-state index in [-0.39, 0.29) is 18.1 Å². The minimum atomic E-state index is -0.710. The van der Waals surface area contributed by atoms with Crippen LogP contribution in [0.1, 0.15) is 23.7 Å². The molecule has 1 N–H and O–H groups in total. The Kier molecular flexibility index (Phi) is 5.39. The third-order valence-electron chi connectivity index (χ3n) is 5.26. The molecule has 1 aliphatic rings. The number of rotatable bonds is 5. The molecule has 1 aliphatic heterocycles. The van der Waals surface area contributed by atoms with Gasteiger partial charge in [-0.3, -0.25) is 14.9 Å². The van der Waals surface area contributed by atoms with Crippen LogP contribution in [0.2, 0.25) is 0 Å². The molecule has 0 saturated carbocycles. The van der Waals surface area contributed by atoms with Gasteiger partial charge in [-0.05, 0) is 36.8 Å². The number of fused-ring (bicyclic) bond motifs is 2. The molecular weight excluding hydrogens is 442 g/mol. The van der Waals surface area contributed by atoms with E-state index in [2.05, 4.69) is 10.3 Å². The van der Waals surface area contributed by atoms with E-state index in [4.69, 9.17) is 9.15 Å². The molecule has 0 saturated heterocycles. The van der Waals surface area contributed by atoms with E-state index in [0.29, 0.717) is 39.8 Å². The van der Waals surface area contributed by atoms with Gasteiger partial charge in [0.05, 0.1) is 11.4 Å². The molecule has 2 aromatic carbocycles. The average molecular weight is 461 g/mol. The van der Waals surface area contributed by atoms with Crippen LogP contribution in [0.15, 0.2) is 63.1 Å². The lowest BCUT2D eigenvalue weighted by Crippen LogP contribution is -2.39. The molecule has 0 atom stereocenters. The van der Waals surface area contributed by atoms with Crippen molar-refractivity contribution in [3.05, 3.63) is 69.9 Å². The van der Waals surface area contributed by atoms with Crippen LogP contribution in [0.25, 0.3) is 22.2 Å². The summed E-state index contributed by atoms with van der Waals surface area (Å²) in [5, 5.41) is 5.48. The van der Waals surface area contributed by atoms with Crippen molar-refractivity contribution in [2.75, 3.05) is 23.4 Å². The molecule has 0 aliphatic carbocycles. The summed E-state index contributed by atoms with van der Waals surface area (Å²) in [6.45, 7) is 2.64. The van der Waals surface area contributed by atoms with Crippen molar-refractivity contribution < 1.29 is 18.7 Å². The number of hydrogen-bond donors (Lipinski definition) is 1. The molecule has 33 heavy (non-hydrogen) atoms. The largest absolute Gasteiger partial charge is 0.482 e. The monoisotopic (exact) mass is 461 g/mol. The van der Waals surface area contributed by atoms with Gasteiger partial charge in [0.15, 0.2) is 11.7 Å². The van der Waals surface area contributed by atoms with Crippen LogP contribution < -0.4 is 20.6 Å². The predicted octanol–water partition coefficient (Wildman–Crippen LogP) is 4.30. The van der Waals surface area contributed by atoms with Gasteiger partial charge in [0, 0.05) is 22.9 Å². The molecule has 0 spiro atoms. The van der Waals surface area contributed by atoms with Crippen molar-refractivity contribution in [3.63, 3.8) is 0 Å². The number of nitrogens with one attached hydrogen (secondary N) is 1. The van der Waals surface area contributed by atoms with E-state index in [1.165, 1.54) is 17.4 Å². The van der Waals surface area contributed by atoms with Gasteiger partial charge in [-0.2, -0.15) is 0 Å². The number of anilines is 2. The van der Waals surface area contributed by atoms with Crippen molar-refractivity contribution in [1.29, 1.82) is 0 Å². The zero-order valence-corrected chi connectivity index (χ0v) is 18.5. The number of amides is 2. The molecule has 0 radical (unpaired) electrons. The number of nitrogens with zero attached hydrogens (tertiary/aromatic N) is 2. The van der Waals surface area contributed by atoms with Gasteiger partial charge in [-0.1, -0.05) is 25.1 Å². The number of hydrogen-bond acceptors (Lipinski definition) is 7. The Bertz CT molecular complexity index is 1440. The van der Waals surface area contributed by atoms with Crippen molar-refractivity contribution in [1.82, 2.24) is 4.98 Å². The topological polar surface area (TPSA) is 102 Å². The van der Waals surface area contributed by atoms with E-state index in [0.717, 1.165) is 12.0 Å². The van der Waals surface area contributed by atoms with Crippen molar-refractivity contribution >= 4 is 44.9 Å². The number of carbonyl (C=O) groups excluding carboxylic acids is 2. The normalized spacial score (nSPS) is 13.0. The fourth-order valence-electron chi connectivity index (χ4n) is 3.68. The summed E-state index contributed by atoms with van der Waals surface area (Å²) >= 11 is 1.24. The van der Waals surface area contributed by atoms with Gasteiger partial charge >= 0.3 is 5.63 Å². The summed E-state index contributed by atoms with van der Waals surface area (Å²) in [6, 6.07) is 14.0. The van der Waals surface area contributed by atoms with Gasteiger partial charge in [0.25, 0.3) is 11.8 Å². The second kappa shape index (κ2) is 8.51. The summed E-state index contributed by atoms with van der Waals surface area (Å²) < 4.78 is 10.8. The molecule has 3 heterocycles. The summed E-state index contributed by atoms with van der Waals surface area (Å²) in [5.74, 6) is -0.0190. The molecule has 8 nitrogen and oxygen atoms in total. The summed E-state index contributed by atoms with van der Waals surface area (Å²) in [4.78, 5) is 43.4. The number of aromatic nitrogens is 1. The van der Waals surface area contributed by atoms with Gasteiger partial charge < -0.3 is 14.1 Å². The van der Waals surface area contributed by atoms with E-state index >= 15 is 0 Å². The van der Waals surface area contributed by atoms with Crippen LogP contribution in [0.4, 0.5) is 10.8 Å². The van der Waals surface area contributed by atoms with Gasteiger partial charge in [-0.15, -0.1) is 11.3 Å². The quantitative estimate of drug-likeness (QED) is 0.445. The molecule has 0 bridgehead atoms. The Labute approximate surface area is 192 Å². The van der Waals surface area contributed by atoms with Crippen molar-refractivity contribution in [2.24, 2.45) is 0 Å². The summed E-state index contributed by atoms with van der Waals surface area (Å²) in [5.41, 5.74) is 1.75. The fourth-order valence-corrected chi connectivity index (χ4v) is 4.39. The standard InChI is InChI=1S/C24H19N3O5S/c1-2-9-27-18-11-14(7-8-20(18)31-12-21(27)28)17-13-33-24(25-17)26-22(29)16-10-15-5-3-4-6-19(15)32-23(16)30/h3-8,10-11,13H,2,9,12H2,1H3,(H,25,26,29). The molecule has 166 valence electrons. The second-order valence-corrected chi connectivity index (χ2v) is 8.35. The van der Waals surface area contributed by atoms with Crippen LogP contribution in [-0.2, 0) is 4.79 Å². The zero-order chi connectivity index (χ0) is 22.9. The SMILES string of the molecule is CCCN1C(=O)COc2ccc(-c3csc(NC(=O)c4cc5ccccc5oc4=O)n3)cc21. The predicted molar refractivity (Wildman–Crippen MR) is 126 cm³/mol. The Morgan fingerprint density at radius 1 is 1.18 bits per heavy atom. The Hall–Kier alpha value is -3.98. The third-order valence-corrected chi connectivity index (χ3v) is 6.01. The second-order valence-electron chi connectivity index (χ2n) is 7.49. The highest BCUT2D eigenvalue weighted by atomic mass is 32.1. The third kappa shape index (κ3) is 3.98. The van der Waals surface area contributed by atoms with Crippen molar-refractivity contribution in [2.45, 2.75) is 13.3 Å². The fraction of sp³-hybridized carbons (Fsp3) is 0.167. The van der Waals surface area contributed by atoms with Gasteiger partial charge in [-0.25, -0.2) is 9.78 Å². The lowest BCUT2D eigenvalue weighted by Gasteiger charge is -2.29. The zero-order valence-electron chi connectivity index (χ0n) is 17.7. The van der Waals surface area contributed by atoms with Crippen LogP contribution in [0.3, 0.4) is 0 Å². The molecule has 2 aromatic heterocycles. The van der Waals surface area contributed by atoms with Gasteiger partial charge in [0.2, 0.25) is 0 Å². The Morgan fingerprint density at radius 3 is 2.88 bits per heavy atom. The maximum Gasteiger partial charge on any atom is 0.349 e. The Morgan fingerprint density at radius 2 is 2.03 bits per heavy atom.